The highest BCUT2D eigenvalue weighted by Gasteiger charge is 2.23. The number of amides is 1. The van der Waals surface area contributed by atoms with Crippen LogP contribution in [0.4, 0.5) is 4.79 Å². The Hall–Kier alpha value is -3.42. The number of hydrogen-bond donors (Lipinski definition) is 2. The molecule has 0 spiro atoms. The summed E-state index contributed by atoms with van der Waals surface area (Å²) in [6.07, 6.45) is 2.51. The van der Waals surface area contributed by atoms with E-state index in [-0.39, 0.29) is 25.0 Å². The van der Waals surface area contributed by atoms with E-state index in [0.717, 1.165) is 23.3 Å². The first-order valence-electron chi connectivity index (χ1n) is 12.9. The van der Waals surface area contributed by atoms with Gasteiger partial charge in [0, 0.05) is 12.6 Å². The van der Waals surface area contributed by atoms with Crippen molar-refractivity contribution in [3.8, 4) is 0 Å². The molecule has 1 heterocycles. The highest BCUT2D eigenvalue weighted by Crippen LogP contribution is 2.10. The lowest BCUT2D eigenvalue weighted by Gasteiger charge is -2.26. The molecular weight excluding hydrogens is 466 g/mol. The molecule has 0 saturated heterocycles. The molecule has 0 bridgehead atoms. The first-order chi connectivity index (χ1) is 17.9. The van der Waals surface area contributed by atoms with E-state index in [4.69, 9.17) is 9.15 Å². The number of Topliss-reactive ketones (excluding diaryl/α,β-unsaturated/α-hetero) is 1. The van der Waals surface area contributed by atoms with Crippen LogP contribution in [0.2, 0.25) is 0 Å². The first kappa shape index (κ1) is 28.2. The summed E-state index contributed by atoms with van der Waals surface area (Å²) in [5.41, 5.74) is 2.01. The summed E-state index contributed by atoms with van der Waals surface area (Å²) in [6.45, 7) is 5.74. The van der Waals surface area contributed by atoms with Crippen LogP contribution in [0.3, 0.4) is 0 Å². The van der Waals surface area contributed by atoms with Crippen molar-refractivity contribution in [2.24, 2.45) is 5.92 Å². The normalized spacial score (nSPS) is 12.9. The van der Waals surface area contributed by atoms with Crippen molar-refractivity contribution in [2.45, 2.75) is 51.9 Å². The molecule has 198 valence electrons. The molecule has 2 atom stereocenters. The summed E-state index contributed by atoms with van der Waals surface area (Å²) in [4.78, 5) is 27.8. The monoisotopic (exact) mass is 505 g/mol. The lowest BCUT2D eigenvalue weighted by atomic mass is 10.00. The molecule has 2 N–H and O–H groups in total. The summed E-state index contributed by atoms with van der Waals surface area (Å²) in [5.74, 6) is 1.27. The molecule has 0 aliphatic heterocycles. The number of carbonyl (C=O) groups excluding carboxylic acids is 2. The van der Waals surface area contributed by atoms with Gasteiger partial charge in [-0.3, -0.25) is 9.69 Å². The molecule has 0 fully saturated rings. The van der Waals surface area contributed by atoms with Crippen LogP contribution in [0.1, 0.15) is 37.2 Å². The van der Waals surface area contributed by atoms with Crippen LogP contribution in [-0.2, 0) is 29.1 Å². The number of nitrogens with one attached hydrogen (secondary N) is 2. The third-order valence-corrected chi connectivity index (χ3v) is 6.00. The molecular formula is C30H39N3O4. The van der Waals surface area contributed by atoms with Gasteiger partial charge in [0.05, 0.1) is 25.4 Å². The zero-order valence-corrected chi connectivity index (χ0v) is 22.1. The molecule has 3 aromatic rings. The predicted molar refractivity (Wildman–Crippen MR) is 145 cm³/mol. The SMILES string of the molecule is CC(C)CC(CNC(Cc1ccccc1)C(=O)CN(C)Cc1ccco1)NC(=O)OCc1ccccc1. The summed E-state index contributed by atoms with van der Waals surface area (Å²) >= 11 is 0. The number of likely N-dealkylation sites (N-methyl/N-ethyl adjacent to an activating group) is 1. The van der Waals surface area contributed by atoms with Crippen molar-refractivity contribution >= 4 is 11.9 Å². The second kappa shape index (κ2) is 15.0. The van der Waals surface area contributed by atoms with Gasteiger partial charge in [-0.15, -0.1) is 0 Å². The molecule has 0 saturated carbocycles. The number of alkyl carbamates (subject to hydrolysis) is 1. The van der Waals surface area contributed by atoms with Crippen molar-refractivity contribution in [2.75, 3.05) is 20.1 Å². The van der Waals surface area contributed by atoms with Crippen molar-refractivity contribution in [1.82, 2.24) is 15.5 Å². The average Bonchev–Trinajstić information content (AvgIpc) is 3.39. The van der Waals surface area contributed by atoms with Crippen LogP contribution in [0.15, 0.2) is 83.5 Å². The number of ketones is 1. The van der Waals surface area contributed by atoms with Crippen LogP contribution in [-0.4, -0.2) is 49.0 Å². The van der Waals surface area contributed by atoms with Crippen molar-refractivity contribution in [3.63, 3.8) is 0 Å². The van der Waals surface area contributed by atoms with Crippen molar-refractivity contribution in [3.05, 3.63) is 95.9 Å². The van der Waals surface area contributed by atoms with E-state index in [9.17, 15) is 9.59 Å². The maximum atomic E-state index is 13.4. The molecule has 0 radical (unpaired) electrons. The van der Waals surface area contributed by atoms with Gasteiger partial charge in [-0.1, -0.05) is 74.5 Å². The fourth-order valence-electron chi connectivity index (χ4n) is 4.23. The molecule has 0 aliphatic rings. The fraction of sp³-hybridized carbons (Fsp3) is 0.400. The summed E-state index contributed by atoms with van der Waals surface area (Å²) in [7, 11) is 1.91. The van der Waals surface area contributed by atoms with E-state index < -0.39 is 12.1 Å². The van der Waals surface area contributed by atoms with E-state index in [1.165, 1.54) is 0 Å². The summed E-state index contributed by atoms with van der Waals surface area (Å²) < 4.78 is 10.9. The van der Waals surface area contributed by atoms with Crippen LogP contribution in [0, 0.1) is 5.92 Å². The number of nitrogens with zero attached hydrogens (tertiary/aromatic N) is 1. The van der Waals surface area contributed by atoms with Gasteiger partial charge in [-0.05, 0) is 49.1 Å². The smallest absolute Gasteiger partial charge is 0.407 e. The maximum absolute atomic E-state index is 13.4. The third kappa shape index (κ3) is 10.6. The highest BCUT2D eigenvalue weighted by molar-refractivity contribution is 5.86. The Morgan fingerprint density at radius 3 is 2.24 bits per heavy atom. The Balaban J connectivity index is 1.60. The number of furan rings is 1. The van der Waals surface area contributed by atoms with E-state index in [0.29, 0.717) is 25.4 Å². The van der Waals surface area contributed by atoms with Crippen molar-refractivity contribution < 1.29 is 18.7 Å². The first-order valence-corrected chi connectivity index (χ1v) is 12.9. The highest BCUT2D eigenvalue weighted by atomic mass is 16.5. The number of carbonyl (C=O) groups is 2. The standard InChI is InChI=1S/C30H39N3O4/c1-23(2)17-26(32-30(35)37-22-25-13-8-5-9-14-25)19-31-28(18-24-11-6-4-7-12-24)29(34)21-33(3)20-27-15-10-16-36-27/h4-16,23,26,28,31H,17-22H2,1-3H3,(H,32,35). The van der Waals surface area contributed by atoms with Gasteiger partial charge in [0.2, 0.25) is 0 Å². The van der Waals surface area contributed by atoms with E-state index in [1.807, 2.05) is 84.7 Å². The van der Waals surface area contributed by atoms with Gasteiger partial charge in [0.15, 0.2) is 5.78 Å². The lowest BCUT2D eigenvalue weighted by molar-refractivity contribution is -0.122. The summed E-state index contributed by atoms with van der Waals surface area (Å²) in [6, 6.07) is 22.8. The molecule has 37 heavy (non-hydrogen) atoms. The number of hydrogen-bond acceptors (Lipinski definition) is 6. The topological polar surface area (TPSA) is 83.8 Å². The van der Waals surface area contributed by atoms with Gasteiger partial charge in [-0.2, -0.15) is 0 Å². The van der Waals surface area contributed by atoms with Crippen LogP contribution in [0.25, 0.3) is 0 Å². The molecule has 1 amide bonds. The Morgan fingerprint density at radius 2 is 1.62 bits per heavy atom. The Kier molecular flexibility index (Phi) is 11.4. The van der Waals surface area contributed by atoms with E-state index in [1.54, 1.807) is 6.26 Å². The minimum Gasteiger partial charge on any atom is -0.468 e. The van der Waals surface area contributed by atoms with Crippen LogP contribution >= 0.6 is 0 Å². The Bertz CT molecular complexity index is 1050. The Morgan fingerprint density at radius 1 is 0.946 bits per heavy atom. The number of ether oxygens (including phenoxy) is 1. The van der Waals surface area contributed by atoms with Gasteiger partial charge in [0.25, 0.3) is 0 Å². The van der Waals surface area contributed by atoms with E-state index >= 15 is 0 Å². The van der Waals surface area contributed by atoms with Gasteiger partial charge < -0.3 is 19.8 Å². The second-order valence-corrected chi connectivity index (χ2v) is 9.90. The van der Waals surface area contributed by atoms with Crippen LogP contribution < -0.4 is 10.6 Å². The predicted octanol–water partition coefficient (Wildman–Crippen LogP) is 4.82. The molecule has 0 aliphatic carbocycles. The van der Waals surface area contributed by atoms with Crippen LogP contribution in [0.5, 0.6) is 0 Å². The van der Waals surface area contributed by atoms with Gasteiger partial charge >= 0.3 is 6.09 Å². The van der Waals surface area contributed by atoms with Gasteiger partial charge in [-0.25, -0.2) is 4.79 Å². The molecule has 2 aromatic carbocycles. The lowest BCUT2D eigenvalue weighted by Crippen LogP contribution is -2.50. The fourth-order valence-corrected chi connectivity index (χ4v) is 4.23. The van der Waals surface area contributed by atoms with Gasteiger partial charge in [0.1, 0.15) is 12.4 Å². The maximum Gasteiger partial charge on any atom is 0.407 e. The largest absolute Gasteiger partial charge is 0.468 e. The quantitative estimate of drug-likeness (QED) is 0.308. The zero-order chi connectivity index (χ0) is 26.5. The minimum atomic E-state index is -0.458. The zero-order valence-electron chi connectivity index (χ0n) is 22.1. The molecule has 3 rings (SSSR count). The molecule has 7 heteroatoms. The van der Waals surface area contributed by atoms with Crippen molar-refractivity contribution in [1.29, 1.82) is 0 Å². The molecule has 7 nitrogen and oxygen atoms in total. The second-order valence-electron chi connectivity index (χ2n) is 9.90. The number of rotatable bonds is 15. The average molecular weight is 506 g/mol. The third-order valence-electron chi connectivity index (χ3n) is 6.00. The Labute approximate surface area is 220 Å². The summed E-state index contributed by atoms with van der Waals surface area (Å²) in [5, 5.41) is 6.44. The molecule has 1 aromatic heterocycles. The molecule has 2 unspecified atom stereocenters. The number of benzene rings is 2. The van der Waals surface area contributed by atoms with E-state index in [2.05, 4.69) is 24.5 Å². The minimum absolute atomic E-state index is 0.0906.